The highest BCUT2D eigenvalue weighted by Crippen LogP contribution is 2.28. The quantitative estimate of drug-likeness (QED) is 0.453. The molecule has 2 rings (SSSR count). The van der Waals surface area contributed by atoms with Crippen LogP contribution >= 0.6 is 0 Å². The second-order valence-electron chi connectivity index (χ2n) is 6.44. The summed E-state index contributed by atoms with van der Waals surface area (Å²) in [6.45, 7) is 2.76. The van der Waals surface area contributed by atoms with Gasteiger partial charge < -0.3 is 9.47 Å². The molecule has 1 saturated carbocycles. The van der Waals surface area contributed by atoms with Crippen LogP contribution in [0.2, 0.25) is 0 Å². The molecule has 0 bridgehead atoms. The van der Waals surface area contributed by atoms with Crippen molar-refractivity contribution in [2.75, 3.05) is 20.3 Å². The normalized spacial score (nSPS) is 21.5. The number of hydrogen-bond donors (Lipinski definition) is 0. The SMILES string of the molecule is COCC1CCCCC(COC(=O)c2ccc(C(C)=O)cc2)C1. The molecular weight excluding hydrogens is 292 g/mol. The lowest BCUT2D eigenvalue weighted by Crippen LogP contribution is -2.18. The van der Waals surface area contributed by atoms with E-state index in [2.05, 4.69) is 0 Å². The Labute approximate surface area is 138 Å². The van der Waals surface area contributed by atoms with Gasteiger partial charge in [-0.15, -0.1) is 0 Å². The van der Waals surface area contributed by atoms with E-state index in [4.69, 9.17) is 9.47 Å². The van der Waals surface area contributed by atoms with Crippen molar-refractivity contribution in [3.63, 3.8) is 0 Å². The van der Waals surface area contributed by atoms with Crippen LogP contribution in [0, 0.1) is 11.8 Å². The largest absolute Gasteiger partial charge is 0.462 e. The number of carbonyl (C=O) groups excluding carboxylic acids is 2. The van der Waals surface area contributed by atoms with Crippen LogP contribution in [0.4, 0.5) is 0 Å². The van der Waals surface area contributed by atoms with Crippen molar-refractivity contribution < 1.29 is 19.1 Å². The number of ether oxygens (including phenoxy) is 2. The lowest BCUT2D eigenvalue weighted by molar-refractivity contribution is 0.0403. The van der Waals surface area contributed by atoms with Gasteiger partial charge >= 0.3 is 5.97 Å². The van der Waals surface area contributed by atoms with Crippen molar-refractivity contribution in [3.05, 3.63) is 35.4 Å². The number of rotatable bonds is 6. The van der Waals surface area contributed by atoms with Crippen LogP contribution in [-0.2, 0) is 9.47 Å². The molecule has 1 aromatic carbocycles. The molecule has 1 aliphatic carbocycles. The zero-order chi connectivity index (χ0) is 16.7. The van der Waals surface area contributed by atoms with Crippen LogP contribution in [-0.4, -0.2) is 32.1 Å². The molecule has 0 spiro atoms. The van der Waals surface area contributed by atoms with Gasteiger partial charge in [-0.3, -0.25) is 4.79 Å². The van der Waals surface area contributed by atoms with E-state index in [1.54, 1.807) is 31.4 Å². The van der Waals surface area contributed by atoms with E-state index < -0.39 is 0 Å². The maximum atomic E-state index is 12.1. The van der Waals surface area contributed by atoms with Crippen LogP contribution < -0.4 is 0 Å². The summed E-state index contributed by atoms with van der Waals surface area (Å²) in [5.41, 5.74) is 1.10. The molecule has 4 heteroatoms. The first-order valence-electron chi connectivity index (χ1n) is 8.37. The molecule has 0 aromatic heterocycles. The minimum absolute atomic E-state index is 0.00689. The first-order chi connectivity index (χ1) is 11.1. The van der Waals surface area contributed by atoms with Gasteiger partial charge in [-0.2, -0.15) is 0 Å². The predicted molar refractivity (Wildman–Crippen MR) is 88.7 cm³/mol. The minimum Gasteiger partial charge on any atom is -0.462 e. The van der Waals surface area contributed by atoms with E-state index in [1.807, 2.05) is 0 Å². The van der Waals surface area contributed by atoms with Gasteiger partial charge in [-0.25, -0.2) is 4.79 Å². The van der Waals surface area contributed by atoms with Crippen molar-refractivity contribution in [1.82, 2.24) is 0 Å². The Morgan fingerprint density at radius 2 is 1.57 bits per heavy atom. The highest BCUT2D eigenvalue weighted by Gasteiger charge is 2.21. The molecule has 1 aliphatic rings. The third-order valence-electron chi connectivity index (χ3n) is 4.52. The van der Waals surface area contributed by atoms with Gasteiger partial charge in [0.15, 0.2) is 5.78 Å². The molecule has 23 heavy (non-hydrogen) atoms. The van der Waals surface area contributed by atoms with Gasteiger partial charge in [0, 0.05) is 19.3 Å². The molecule has 0 aliphatic heterocycles. The van der Waals surface area contributed by atoms with E-state index >= 15 is 0 Å². The van der Waals surface area contributed by atoms with E-state index in [1.165, 1.54) is 26.2 Å². The molecule has 0 heterocycles. The molecular formula is C19H26O4. The van der Waals surface area contributed by atoms with Crippen molar-refractivity contribution in [1.29, 1.82) is 0 Å². The number of methoxy groups -OCH3 is 1. The maximum absolute atomic E-state index is 12.1. The third-order valence-corrected chi connectivity index (χ3v) is 4.52. The van der Waals surface area contributed by atoms with Crippen LogP contribution in [0.15, 0.2) is 24.3 Å². The average Bonchev–Trinajstić information content (AvgIpc) is 2.78. The fourth-order valence-corrected chi connectivity index (χ4v) is 3.23. The monoisotopic (exact) mass is 318 g/mol. The Morgan fingerprint density at radius 1 is 1.00 bits per heavy atom. The summed E-state index contributed by atoms with van der Waals surface area (Å²) in [4.78, 5) is 23.4. The number of ketones is 1. The van der Waals surface area contributed by atoms with Crippen LogP contribution in [0.5, 0.6) is 0 Å². The topological polar surface area (TPSA) is 52.6 Å². The number of Topliss-reactive ketones (excluding diaryl/α,β-unsaturated/α-hetero) is 1. The minimum atomic E-state index is -0.312. The highest BCUT2D eigenvalue weighted by atomic mass is 16.5. The maximum Gasteiger partial charge on any atom is 0.338 e. The summed E-state index contributed by atoms with van der Waals surface area (Å²) >= 11 is 0. The Kier molecular flexibility index (Phi) is 6.78. The number of esters is 1. The Hall–Kier alpha value is -1.68. The number of carbonyl (C=O) groups is 2. The molecule has 2 atom stereocenters. The van der Waals surface area contributed by atoms with Crippen molar-refractivity contribution in [2.24, 2.45) is 11.8 Å². The molecule has 0 saturated heterocycles. The highest BCUT2D eigenvalue weighted by molar-refractivity contribution is 5.96. The second-order valence-corrected chi connectivity index (χ2v) is 6.44. The Bertz CT molecular complexity index is 521. The molecule has 4 nitrogen and oxygen atoms in total. The summed E-state index contributed by atoms with van der Waals surface area (Å²) in [6.07, 6.45) is 5.78. The van der Waals surface area contributed by atoms with E-state index in [9.17, 15) is 9.59 Å². The van der Waals surface area contributed by atoms with Crippen molar-refractivity contribution >= 4 is 11.8 Å². The first-order valence-corrected chi connectivity index (χ1v) is 8.37. The molecule has 2 unspecified atom stereocenters. The summed E-state index contributed by atoms with van der Waals surface area (Å²) in [5, 5.41) is 0. The lowest BCUT2D eigenvalue weighted by Gasteiger charge is -2.19. The standard InChI is InChI=1S/C19H26O4/c1-14(20)17-7-9-18(10-8-17)19(21)23-13-16-6-4-3-5-15(11-16)12-22-2/h7-10,15-16H,3-6,11-13H2,1-2H3. The molecule has 1 fully saturated rings. The van der Waals surface area contributed by atoms with Gasteiger partial charge in [0.1, 0.15) is 0 Å². The number of hydrogen-bond acceptors (Lipinski definition) is 4. The summed E-state index contributed by atoms with van der Waals surface area (Å²) in [5.74, 6) is 0.666. The van der Waals surface area contributed by atoms with Crippen molar-refractivity contribution in [2.45, 2.75) is 39.0 Å². The molecule has 0 N–H and O–H groups in total. The smallest absolute Gasteiger partial charge is 0.338 e. The predicted octanol–water partition coefficient (Wildman–Crippen LogP) is 3.89. The summed E-state index contributed by atoms with van der Waals surface area (Å²) in [7, 11) is 1.74. The third kappa shape index (κ3) is 5.47. The van der Waals surface area contributed by atoms with E-state index in [-0.39, 0.29) is 11.8 Å². The van der Waals surface area contributed by atoms with Gasteiger partial charge in [0.05, 0.1) is 12.2 Å². The zero-order valence-electron chi connectivity index (χ0n) is 14.0. The van der Waals surface area contributed by atoms with Crippen LogP contribution in [0.3, 0.4) is 0 Å². The lowest BCUT2D eigenvalue weighted by atomic mass is 9.94. The zero-order valence-corrected chi connectivity index (χ0v) is 14.0. The van der Waals surface area contributed by atoms with Gasteiger partial charge in [0.25, 0.3) is 0 Å². The van der Waals surface area contributed by atoms with Crippen LogP contribution in [0.1, 0.15) is 59.7 Å². The second kappa shape index (κ2) is 8.82. The first kappa shape index (κ1) is 17.7. The van der Waals surface area contributed by atoms with Gasteiger partial charge in [-0.1, -0.05) is 25.0 Å². The summed E-state index contributed by atoms with van der Waals surface area (Å²) in [6, 6.07) is 6.64. The molecule has 1 aromatic rings. The van der Waals surface area contributed by atoms with E-state index in [0.717, 1.165) is 19.4 Å². The number of benzene rings is 1. The average molecular weight is 318 g/mol. The Balaban J connectivity index is 1.86. The van der Waals surface area contributed by atoms with Crippen LogP contribution in [0.25, 0.3) is 0 Å². The molecule has 0 amide bonds. The molecule has 126 valence electrons. The van der Waals surface area contributed by atoms with Gasteiger partial charge in [-0.05, 0) is 50.2 Å². The van der Waals surface area contributed by atoms with E-state index in [0.29, 0.717) is 29.6 Å². The summed E-state index contributed by atoms with van der Waals surface area (Å²) < 4.78 is 10.8. The van der Waals surface area contributed by atoms with Crippen molar-refractivity contribution in [3.8, 4) is 0 Å². The Morgan fingerprint density at radius 3 is 2.13 bits per heavy atom. The fraction of sp³-hybridized carbons (Fsp3) is 0.579. The van der Waals surface area contributed by atoms with Gasteiger partial charge in [0.2, 0.25) is 0 Å². The molecule has 0 radical (unpaired) electrons. The fourth-order valence-electron chi connectivity index (χ4n) is 3.23.